The molecule has 0 aliphatic rings. The molecular formula is C12H14ClNO4. The Morgan fingerprint density at radius 1 is 1.39 bits per heavy atom. The molecule has 0 radical (unpaired) electrons. The van der Waals surface area contributed by atoms with Crippen molar-refractivity contribution in [1.82, 2.24) is 0 Å². The molecule has 2 N–H and O–H groups in total. The smallest absolute Gasteiger partial charge is 0.307 e. The van der Waals surface area contributed by atoms with Crippen molar-refractivity contribution >= 4 is 23.4 Å². The van der Waals surface area contributed by atoms with E-state index in [9.17, 15) is 9.59 Å². The van der Waals surface area contributed by atoms with Crippen LogP contribution in [0.5, 0.6) is 5.75 Å². The topological polar surface area (TPSA) is 78.6 Å². The Hall–Kier alpha value is -1.59. The minimum atomic E-state index is -0.982. The number of Topliss-reactive ketones (excluding diaryl/α,β-unsaturated/α-hetero) is 1. The van der Waals surface area contributed by atoms with E-state index in [4.69, 9.17) is 22.1 Å². The number of carbonyl (C=O) groups is 2. The third-order valence-electron chi connectivity index (χ3n) is 2.38. The van der Waals surface area contributed by atoms with Gasteiger partial charge in [0.25, 0.3) is 0 Å². The normalized spacial score (nSPS) is 11.8. The first kappa shape index (κ1) is 14.5. The van der Waals surface area contributed by atoms with Crippen molar-refractivity contribution in [1.29, 1.82) is 0 Å². The Kier molecular flexibility index (Phi) is 5.12. The molecule has 0 bridgehead atoms. The molecule has 6 heteroatoms. The van der Waals surface area contributed by atoms with Crippen LogP contribution in [0.3, 0.4) is 0 Å². The molecule has 1 atom stereocenters. The Balaban J connectivity index is 2.95. The van der Waals surface area contributed by atoms with Gasteiger partial charge in [-0.15, -0.1) is 0 Å². The number of benzene rings is 1. The highest BCUT2D eigenvalue weighted by molar-refractivity contribution is 6.31. The van der Waals surface area contributed by atoms with Crippen molar-refractivity contribution < 1.29 is 19.1 Å². The molecule has 18 heavy (non-hydrogen) atoms. The maximum absolute atomic E-state index is 12.1. The summed E-state index contributed by atoms with van der Waals surface area (Å²) in [6, 6.07) is 3.65. The number of ketones is 1. The molecule has 1 unspecified atom stereocenters. The first-order chi connectivity index (χ1) is 8.49. The van der Waals surface area contributed by atoms with E-state index in [0.29, 0.717) is 10.8 Å². The third kappa shape index (κ3) is 3.45. The molecular weight excluding hydrogens is 258 g/mol. The summed E-state index contributed by atoms with van der Waals surface area (Å²) in [6.45, 7) is 0. The van der Waals surface area contributed by atoms with Gasteiger partial charge in [0.2, 0.25) is 0 Å². The zero-order valence-electron chi connectivity index (χ0n) is 10.1. The molecule has 0 aliphatic carbocycles. The lowest BCUT2D eigenvalue weighted by Crippen LogP contribution is -2.33. The number of halogens is 1. The van der Waals surface area contributed by atoms with Gasteiger partial charge in [0.15, 0.2) is 5.78 Å². The first-order valence-electron chi connectivity index (χ1n) is 5.19. The quantitative estimate of drug-likeness (QED) is 0.647. The summed E-state index contributed by atoms with van der Waals surface area (Å²) < 4.78 is 9.51. The maximum atomic E-state index is 12.1. The maximum Gasteiger partial charge on any atom is 0.307 e. The van der Waals surface area contributed by atoms with Gasteiger partial charge < -0.3 is 15.2 Å². The summed E-state index contributed by atoms with van der Waals surface area (Å²) in [5.41, 5.74) is 5.90. The molecule has 0 spiro atoms. The molecule has 0 saturated carbocycles. The minimum absolute atomic E-state index is 0.189. The molecule has 0 amide bonds. The molecule has 0 fully saturated rings. The summed E-state index contributed by atoms with van der Waals surface area (Å²) in [6.07, 6.45) is -0.189. The Morgan fingerprint density at radius 2 is 2.06 bits per heavy atom. The van der Waals surface area contributed by atoms with Crippen molar-refractivity contribution in [3.63, 3.8) is 0 Å². The molecule has 98 valence electrons. The number of nitrogens with two attached hydrogens (primary N) is 1. The van der Waals surface area contributed by atoms with E-state index in [1.807, 2.05) is 0 Å². The van der Waals surface area contributed by atoms with Gasteiger partial charge in [-0.2, -0.15) is 0 Å². The van der Waals surface area contributed by atoms with Gasteiger partial charge in [-0.25, -0.2) is 0 Å². The van der Waals surface area contributed by atoms with Crippen LogP contribution in [-0.2, 0) is 9.53 Å². The number of carbonyl (C=O) groups excluding carboxylic acids is 2. The predicted octanol–water partition coefficient (Wildman–Crippen LogP) is 1.42. The monoisotopic (exact) mass is 271 g/mol. The number of rotatable bonds is 5. The average molecular weight is 272 g/mol. The van der Waals surface area contributed by atoms with Crippen LogP contribution in [0.4, 0.5) is 0 Å². The lowest BCUT2D eigenvalue weighted by atomic mass is 10.0. The van der Waals surface area contributed by atoms with E-state index in [-0.39, 0.29) is 12.0 Å². The summed E-state index contributed by atoms with van der Waals surface area (Å²) >= 11 is 5.82. The third-order valence-corrected chi connectivity index (χ3v) is 2.61. The van der Waals surface area contributed by atoms with E-state index < -0.39 is 17.8 Å². The van der Waals surface area contributed by atoms with E-state index in [0.717, 1.165) is 0 Å². The highest BCUT2D eigenvalue weighted by atomic mass is 35.5. The molecule has 5 nitrogen and oxygen atoms in total. The summed E-state index contributed by atoms with van der Waals surface area (Å²) in [5, 5.41) is 0.393. The summed E-state index contributed by atoms with van der Waals surface area (Å²) in [5.74, 6) is -0.596. The Bertz CT molecular complexity index is 461. The van der Waals surface area contributed by atoms with Gasteiger partial charge >= 0.3 is 5.97 Å². The highest BCUT2D eigenvalue weighted by Gasteiger charge is 2.22. The van der Waals surface area contributed by atoms with Crippen molar-refractivity contribution in [3.8, 4) is 5.75 Å². The van der Waals surface area contributed by atoms with Gasteiger partial charge in [-0.05, 0) is 18.2 Å². The second-order valence-corrected chi connectivity index (χ2v) is 4.03. The van der Waals surface area contributed by atoms with Gasteiger partial charge in [-0.3, -0.25) is 9.59 Å². The molecule has 1 aromatic rings. The van der Waals surface area contributed by atoms with Crippen LogP contribution >= 0.6 is 11.6 Å². The van der Waals surface area contributed by atoms with Crippen LogP contribution in [0.1, 0.15) is 16.8 Å². The second kappa shape index (κ2) is 6.37. The van der Waals surface area contributed by atoms with E-state index >= 15 is 0 Å². The lowest BCUT2D eigenvalue weighted by molar-refractivity contribution is -0.140. The van der Waals surface area contributed by atoms with Crippen LogP contribution < -0.4 is 10.5 Å². The zero-order chi connectivity index (χ0) is 13.7. The predicted molar refractivity (Wildman–Crippen MR) is 66.9 cm³/mol. The van der Waals surface area contributed by atoms with Crippen LogP contribution in [0.2, 0.25) is 5.02 Å². The molecule has 0 aromatic heterocycles. The fourth-order valence-electron chi connectivity index (χ4n) is 1.43. The summed E-state index contributed by atoms with van der Waals surface area (Å²) in [4.78, 5) is 23.1. The van der Waals surface area contributed by atoms with Crippen molar-refractivity contribution in [2.45, 2.75) is 12.5 Å². The largest absolute Gasteiger partial charge is 0.496 e. The van der Waals surface area contributed by atoms with Crippen LogP contribution in [-0.4, -0.2) is 32.0 Å². The average Bonchev–Trinajstić information content (AvgIpc) is 2.37. The standard InChI is InChI=1S/C12H14ClNO4/c1-17-10-4-3-7(13)5-8(10)12(16)9(14)6-11(15)18-2/h3-5,9H,6,14H2,1-2H3. The van der Waals surface area contributed by atoms with Gasteiger partial charge in [0.1, 0.15) is 5.75 Å². The fraction of sp³-hybridized carbons (Fsp3) is 0.333. The number of hydrogen-bond donors (Lipinski definition) is 1. The Labute approximate surface area is 110 Å². The number of hydrogen-bond acceptors (Lipinski definition) is 5. The Morgan fingerprint density at radius 3 is 2.61 bits per heavy atom. The summed E-state index contributed by atoms with van der Waals surface area (Å²) in [7, 11) is 2.67. The van der Waals surface area contributed by atoms with Crippen LogP contribution in [0.25, 0.3) is 0 Å². The van der Waals surface area contributed by atoms with Crippen molar-refractivity contribution in [2.24, 2.45) is 5.73 Å². The molecule has 1 aromatic carbocycles. The fourth-order valence-corrected chi connectivity index (χ4v) is 1.60. The molecule has 0 heterocycles. The molecule has 0 aliphatic heterocycles. The van der Waals surface area contributed by atoms with Gasteiger partial charge in [0.05, 0.1) is 32.2 Å². The molecule has 1 rings (SSSR count). The van der Waals surface area contributed by atoms with Crippen LogP contribution in [0, 0.1) is 0 Å². The van der Waals surface area contributed by atoms with E-state index in [1.54, 1.807) is 12.1 Å². The second-order valence-electron chi connectivity index (χ2n) is 3.60. The SMILES string of the molecule is COC(=O)CC(N)C(=O)c1cc(Cl)ccc1OC. The number of ether oxygens (including phenoxy) is 2. The van der Waals surface area contributed by atoms with Crippen molar-refractivity contribution in [2.75, 3.05) is 14.2 Å². The lowest BCUT2D eigenvalue weighted by Gasteiger charge is -2.12. The number of esters is 1. The first-order valence-corrected chi connectivity index (χ1v) is 5.57. The number of methoxy groups -OCH3 is 2. The molecule has 0 saturated heterocycles. The van der Waals surface area contributed by atoms with Crippen LogP contribution in [0.15, 0.2) is 18.2 Å². The van der Waals surface area contributed by atoms with Gasteiger partial charge in [0, 0.05) is 5.02 Å². The minimum Gasteiger partial charge on any atom is -0.496 e. The highest BCUT2D eigenvalue weighted by Crippen LogP contribution is 2.24. The van der Waals surface area contributed by atoms with Crippen molar-refractivity contribution in [3.05, 3.63) is 28.8 Å². The van der Waals surface area contributed by atoms with E-state index in [2.05, 4.69) is 4.74 Å². The zero-order valence-corrected chi connectivity index (χ0v) is 10.9. The van der Waals surface area contributed by atoms with E-state index in [1.165, 1.54) is 20.3 Å². The van der Waals surface area contributed by atoms with Gasteiger partial charge in [-0.1, -0.05) is 11.6 Å².